The smallest absolute Gasteiger partial charge is 0.259 e. The van der Waals surface area contributed by atoms with Crippen molar-refractivity contribution in [2.75, 3.05) is 26.5 Å². The Hall–Kier alpha value is -3.66. The number of carbonyl (C=O) groups excluding carboxylic acids is 1. The Kier molecular flexibility index (Phi) is 9.98. The number of H-pyrrole nitrogens is 1. The fourth-order valence-corrected chi connectivity index (χ4v) is 5.12. The standard InChI is InChI=1S/C29H27Cl2N3O5S/c1-38-22-12-3-17(15-23(22)39-2)13-14-32-24(35)16-40-29-33-27(36)26(28(37)34-29)25(18-4-8-20(30)9-5-18)19-6-10-21(31)11-7-19/h3-12,15,25H,13-14,16H2,1-2H3,(H,32,35)(H2,33,34,36,37). The van der Waals surface area contributed by atoms with Gasteiger partial charge in [0.1, 0.15) is 0 Å². The van der Waals surface area contributed by atoms with Gasteiger partial charge in [-0.3, -0.25) is 9.59 Å². The van der Waals surface area contributed by atoms with Gasteiger partial charge in [0.05, 0.1) is 25.5 Å². The molecule has 0 aliphatic heterocycles. The maximum Gasteiger partial charge on any atom is 0.259 e. The lowest BCUT2D eigenvalue weighted by molar-refractivity contribution is -0.118. The maximum absolute atomic E-state index is 13.2. The van der Waals surface area contributed by atoms with Gasteiger partial charge in [0.15, 0.2) is 16.7 Å². The predicted octanol–water partition coefficient (Wildman–Crippen LogP) is 5.43. The molecule has 1 amide bonds. The highest BCUT2D eigenvalue weighted by Gasteiger charge is 2.25. The second-order valence-corrected chi connectivity index (χ2v) is 10.6. The third kappa shape index (κ3) is 7.29. The summed E-state index contributed by atoms with van der Waals surface area (Å²) in [7, 11) is 3.14. The van der Waals surface area contributed by atoms with Crippen molar-refractivity contribution in [3.05, 3.63) is 109 Å². The van der Waals surface area contributed by atoms with Crippen LogP contribution in [0.2, 0.25) is 10.0 Å². The van der Waals surface area contributed by atoms with Crippen molar-refractivity contribution < 1.29 is 19.4 Å². The number of nitrogens with zero attached hydrogens (tertiary/aromatic N) is 1. The fraction of sp³-hybridized carbons (Fsp3) is 0.207. The molecular formula is C29H27Cl2N3O5S. The van der Waals surface area contributed by atoms with Crippen LogP contribution in [-0.2, 0) is 11.2 Å². The van der Waals surface area contributed by atoms with Crippen LogP contribution in [0.25, 0.3) is 0 Å². The fourth-order valence-electron chi connectivity index (χ4n) is 4.18. The number of aromatic nitrogens is 2. The van der Waals surface area contributed by atoms with Gasteiger partial charge in [-0.05, 0) is 59.5 Å². The molecule has 0 radical (unpaired) electrons. The van der Waals surface area contributed by atoms with E-state index in [0.29, 0.717) is 34.5 Å². The van der Waals surface area contributed by atoms with Gasteiger partial charge >= 0.3 is 0 Å². The van der Waals surface area contributed by atoms with E-state index in [1.807, 2.05) is 18.2 Å². The zero-order valence-corrected chi connectivity index (χ0v) is 24.1. The van der Waals surface area contributed by atoms with E-state index in [-0.39, 0.29) is 22.4 Å². The summed E-state index contributed by atoms with van der Waals surface area (Å²) in [5.41, 5.74) is 2.02. The summed E-state index contributed by atoms with van der Waals surface area (Å²) >= 11 is 13.2. The summed E-state index contributed by atoms with van der Waals surface area (Å²) in [4.78, 5) is 32.5. The Morgan fingerprint density at radius 3 is 2.12 bits per heavy atom. The number of carbonyl (C=O) groups is 1. The van der Waals surface area contributed by atoms with Crippen molar-refractivity contribution >= 4 is 40.9 Å². The van der Waals surface area contributed by atoms with Crippen molar-refractivity contribution in [3.8, 4) is 17.4 Å². The summed E-state index contributed by atoms with van der Waals surface area (Å²) in [6, 6.07) is 19.6. The minimum Gasteiger partial charge on any atom is -0.493 e. The van der Waals surface area contributed by atoms with E-state index in [4.69, 9.17) is 32.7 Å². The normalized spacial score (nSPS) is 10.9. The minimum absolute atomic E-state index is 0.00541. The van der Waals surface area contributed by atoms with Gasteiger partial charge in [-0.2, -0.15) is 4.98 Å². The topological polar surface area (TPSA) is 114 Å². The Morgan fingerprint density at radius 1 is 0.975 bits per heavy atom. The minimum atomic E-state index is -0.621. The van der Waals surface area contributed by atoms with Crippen molar-refractivity contribution in [1.82, 2.24) is 15.3 Å². The largest absolute Gasteiger partial charge is 0.493 e. The molecule has 208 valence electrons. The van der Waals surface area contributed by atoms with Gasteiger partial charge in [0, 0.05) is 22.5 Å². The summed E-state index contributed by atoms with van der Waals surface area (Å²) in [5.74, 6) is -0.0212. The molecule has 4 aromatic rings. The number of hydrogen-bond acceptors (Lipinski definition) is 7. The van der Waals surface area contributed by atoms with E-state index in [2.05, 4.69) is 15.3 Å². The molecule has 3 aromatic carbocycles. The molecule has 0 atom stereocenters. The Bertz CT molecular complexity index is 1480. The molecule has 0 bridgehead atoms. The zero-order chi connectivity index (χ0) is 28.6. The van der Waals surface area contributed by atoms with Gasteiger partial charge in [0.25, 0.3) is 5.56 Å². The number of benzene rings is 3. The second-order valence-electron chi connectivity index (χ2n) is 8.72. The molecule has 0 aliphatic rings. The van der Waals surface area contributed by atoms with Crippen molar-refractivity contribution in [1.29, 1.82) is 0 Å². The predicted molar refractivity (Wildman–Crippen MR) is 157 cm³/mol. The monoisotopic (exact) mass is 599 g/mol. The summed E-state index contributed by atoms with van der Waals surface area (Å²) < 4.78 is 10.6. The molecule has 0 spiro atoms. The van der Waals surface area contributed by atoms with Crippen molar-refractivity contribution in [2.24, 2.45) is 0 Å². The van der Waals surface area contributed by atoms with Crippen LogP contribution in [-0.4, -0.2) is 47.5 Å². The number of methoxy groups -OCH3 is 2. The number of amides is 1. The lowest BCUT2D eigenvalue weighted by atomic mass is 9.86. The molecule has 4 rings (SSSR count). The van der Waals surface area contributed by atoms with Gasteiger partial charge < -0.3 is 24.9 Å². The van der Waals surface area contributed by atoms with Crippen LogP contribution in [0.5, 0.6) is 17.4 Å². The zero-order valence-electron chi connectivity index (χ0n) is 21.7. The van der Waals surface area contributed by atoms with Crippen LogP contribution < -0.4 is 20.3 Å². The molecule has 11 heteroatoms. The SMILES string of the molecule is COc1ccc(CCNC(=O)CSc2nc(O)c(C(c3ccc(Cl)cc3)c3ccc(Cl)cc3)c(=O)[nH]2)cc1OC. The average molecular weight is 601 g/mol. The quantitative estimate of drug-likeness (QED) is 0.155. The third-order valence-corrected chi connectivity index (χ3v) is 7.51. The van der Waals surface area contributed by atoms with E-state index in [1.165, 1.54) is 0 Å². The van der Waals surface area contributed by atoms with Crippen LogP contribution in [0, 0.1) is 0 Å². The van der Waals surface area contributed by atoms with Gasteiger partial charge in [-0.15, -0.1) is 0 Å². The number of aromatic amines is 1. The molecule has 1 heterocycles. The summed E-state index contributed by atoms with van der Waals surface area (Å²) in [5, 5.41) is 14.9. The summed E-state index contributed by atoms with van der Waals surface area (Å²) in [6.07, 6.45) is 0.595. The van der Waals surface area contributed by atoms with E-state index < -0.39 is 17.4 Å². The molecule has 0 fully saturated rings. The van der Waals surface area contributed by atoms with Gasteiger partial charge in [0.2, 0.25) is 11.8 Å². The third-order valence-electron chi connectivity index (χ3n) is 6.13. The van der Waals surface area contributed by atoms with Gasteiger partial charge in [-0.25, -0.2) is 0 Å². The lowest BCUT2D eigenvalue weighted by Crippen LogP contribution is -2.27. The molecule has 0 aliphatic carbocycles. The van der Waals surface area contributed by atoms with Crippen LogP contribution in [0.1, 0.15) is 28.2 Å². The molecule has 40 heavy (non-hydrogen) atoms. The van der Waals surface area contributed by atoms with Crippen molar-refractivity contribution in [2.45, 2.75) is 17.5 Å². The molecule has 0 unspecified atom stereocenters. The summed E-state index contributed by atoms with van der Waals surface area (Å²) in [6.45, 7) is 0.410. The molecule has 1 aromatic heterocycles. The number of hydrogen-bond donors (Lipinski definition) is 3. The van der Waals surface area contributed by atoms with Gasteiger partial charge in [-0.1, -0.05) is 65.3 Å². The lowest BCUT2D eigenvalue weighted by Gasteiger charge is -2.19. The average Bonchev–Trinajstić information content (AvgIpc) is 2.95. The molecule has 8 nitrogen and oxygen atoms in total. The molecular weight excluding hydrogens is 573 g/mol. The van der Waals surface area contributed by atoms with Crippen LogP contribution in [0.15, 0.2) is 76.7 Å². The number of nitrogens with one attached hydrogen (secondary N) is 2. The first-order chi connectivity index (χ1) is 19.3. The van der Waals surface area contributed by atoms with Crippen molar-refractivity contribution in [3.63, 3.8) is 0 Å². The van der Waals surface area contributed by atoms with E-state index in [0.717, 1.165) is 28.5 Å². The maximum atomic E-state index is 13.2. The molecule has 3 N–H and O–H groups in total. The Balaban J connectivity index is 1.44. The number of ether oxygens (including phenoxy) is 2. The first kappa shape index (κ1) is 29.3. The Labute approximate surface area is 245 Å². The number of rotatable bonds is 11. The molecule has 0 saturated carbocycles. The highest BCUT2D eigenvalue weighted by atomic mass is 35.5. The first-order valence-electron chi connectivity index (χ1n) is 12.2. The van der Waals surface area contributed by atoms with E-state index in [9.17, 15) is 14.7 Å². The van der Waals surface area contributed by atoms with E-state index in [1.54, 1.807) is 62.8 Å². The Morgan fingerprint density at radius 2 is 1.57 bits per heavy atom. The van der Waals surface area contributed by atoms with E-state index >= 15 is 0 Å². The first-order valence-corrected chi connectivity index (χ1v) is 14.0. The highest BCUT2D eigenvalue weighted by molar-refractivity contribution is 7.99. The van der Waals surface area contributed by atoms with Crippen LogP contribution in [0.4, 0.5) is 0 Å². The number of aromatic hydroxyl groups is 1. The highest BCUT2D eigenvalue weighted by Crippen LogP contribution is 2.35. The number of thioether (sulfide) groups is 1. The van der Waals surface area contributed by atoms with Crippen LogP contribution >= 0.6 is 35.0 Å². The number of halogens is 2. The molecule has 0 saturated heterocycles. The van der Waals surface area contributed by atoms with Crippen LogP contribution in [0.3, 0.4) is 0 Å². The second kappa shape index (κ2) is 13.6.